The molecule has 168 valence electrons. The van der Waals surface area contributed by atoms with Crippen molar-refractivity contribution in [2.24, 2.45) is 0 Å². The van der Waals surface area contributed by atoms with Crippen LogP contribution >= 0.6 is 31.9 Å². The van der Waals surface area contributed by atoms with Crippen molar-refractivity contribution in [3.8, 4) is 0 Å². The molecule has 2 heterocycles. The summed E-state index contributed by atoms with van der Waals surface area (Å²) in [6, 6.07) is 9.55. The van der Waals surface area contributed by atoms with E-state index in [1.807, 2.05) is 31.2 Å². The first-order valence-electron chi connectivity index (χ1n) is 10.8. The highest BCUT2D eigenvalue weighted by molar-refractivity contribution is 9.10. The third kappa shape index (κ3) is 2.51. The highest BCUT2D eigenvalue weighted by Gasteiger charge is 2.30. The number of aromatic nitrogens is 1. The van der Waals surface area contributed by atoms with Gasteiger partial charge in [0.25, 0.3) is 17.4 Å². The molecule has 1 N–H and O–H groups in total. The maximum absolute atomic E-state index is 13.1. The van der Waals surface area contributed by atoms with Gasteiger partial charge < -0.3 is 4.98 Å². The quantitative estimate of drug-likeness (QED) is 0.134. The number of hydrogen-bond acceptors (Lipinski definition) is 3. The second kappa shape index (κ2) is 6.99. The van der Waals surface area contributed by atoms with Crippen LogP contribution in [0.2, 0.25) is 0 Å². The van der Waals surface area contributed by atoms with Gasteiger partial charge in [0.15, 0.2) is 0 Å². The normalized spacial score (nSPS) is 15.3. The fourth-order valence-electron chi connectivity index (χ4n) is 5.56. The van der Waals surface area contributed by atoms with Crippen molar-refractivity contribution in [3.05, 3.63) is 66.9 Å². The molecule has 0 radical (unpaired) electrons. The summed E-state index contributed by atoms with van der Waals surface area (Å²) in [5, 5.41) is 8.27. The molecule has 1 aromatic heterocycles. The van der Waals surface area contributed by atoms with E-state index in [0.29, 0.717) is 27.1 Å². The van der Waals surface area contributed by atoms with E-state index in [0.717, 1.165) is 47.7 Å². The zero-order valence-corrected chi connectivity index (χ0v) is 21.8. The minimum Gasteiger partial charge on any atom is -0.322 e. The van der Waals surface area contributed by atoms with Crippen molar-refractivity contribution in [1.82, 2.24) is 9.88 Å². The molecule has 1 atom stereocenters. The van der Waals surface area contributed by atoms with E-state index >= 15 is 0 Å². The average Bonchev–Trinajstić information content (AvgIpc) is 2.80. The highest BCUT2D eigenvalue weighted by atomic mass is 79.9. The van der Waals surface area contributed by atoms with E-state index in [-0.39, 0.29) is 22.2 Å². The molecular formula is C27H18Br2N2O3. The zero-order valence-electron chi connectivity index (χ0n) is 18.6. The number of halogens is 2. The summed E-state index contributed by atoms with van der Waals surface area (Å²) < 4.78 is 0.858. The van der Waals surface area contributed by atoms with Crippen LogP contribution in [0.4, 0.5) is 0 Å². The number of carbonyl (C=O) groups excluding carboxylic acids is 2. The Balaban J connectivity index is 2.05. The van der Waals surface area contributed by atoms with Gasteiger partial charge in [-0.2, -0.15) is 0 Å². The van der Waals surface area contributed by atoms with Gasteiger partial charge in [-0.3, -0.25) is 19.3 Å². The number of H-pyrrole nitrogens is 1. The Morgan fingerprint density at radius 2 is 1.59 bits per heavy atom. The molecule has 0 spiro atoms. The Morgan fingerprint density at radius 1 is 0.912 bits per heavy atom. The smallest absolute Gasteiger partial charge is 0.261 e. The molecule has 1 unspecified atom stereocenters. The van der Waals surface area contributed by atoms with Crippen LogP contribution < -0.4 is 16.1 Å². The number of fused-ring (bicyclic) bond motifs is 4. The standard InChI is InChI=1S/C27H18Br2N2O3/c1-10-19-16(27(34)31(4)26(10)33)8-6-14-22-18(29)9-17-12(3)30-25(32)15-7-5-13(24(22)21(15)17)20(11(2)28)23(14)19/h5-9,11H,3H2,1-2,4H3,(H,30,32). The number of nitrogens with zero attached hydrogens (tertiary/aromatic N) is 1. The topological polar surface area (TPSA) is 70.2 Å². The Bertz CT molecular complexity index is 1950. The van der Waals surface area contributed by atoms with E-state index in [1.54, 1.807) is 13.0 Å². The number of benzene rings is 4. The van der Waals surface area contributed by atoms with Crippen LogP contribution in [0, 0.1) is 0 Å². The van der Waals surface area contributed by atoms with E-state index < -0.39 is 0 Å². The number of amides is 2. The molecule has 5 aromatic rings. The highest BCUT2D eigenvalue weighted by Crippen LogP contribution is 2.45. The first kappa shape index (κ1) is 21.5. The van der Waals surface area contributed by atoms with E-state index in [1.165, 1.54) is 11.9 Å². The van der Waals surface area contributed by atoms with Crippen molar-refractivity contribution in [3.63, 3.8) is 0 Å². The largest absolute Gasteiger partial charge is 0.322 e. The van der Waals surface area contributed by atoms with Crippen LogP contribution in [0.5, 0.6) is 0 Å². The number of pyridine rings is 1. The summed E-state index contributed by atoms with van der Waals surface area (Å²) >= 11 is 7.56. The molecule has 34 heavy (non-hydrogen) atoms. The van der Waals surface area contributed by atoms with Gasteiger partial charge in [-0.25, -0.2) is 0 Å². The molecule has 0 saturated carbocycles. The lowest BCUT2D eigenvalue weighted by molar-refractivity contribution is -0.122. The van der Waals surface area contributed by atoms with Crippen molar-refractivity contribution in [1.29, 1.82) is 0 Å². The van der Waals surface area contributed by atoms with Crippen molar-refractivity contribution < 1.29 is 9.59 Å². The summed E-state index contributed by atoms with van der Waals surface area (Å²) in [5.74, 6) is -0.603. The van der Waals surface area contributed by atoms with Gasteiger partial charge in [0.05, 0.1) is 0 Å². The summed E-state index contributed by atoms with van der Waals surface area (Å²) in [4.78, 5) is 42.8. The molecule has 2 amide bonds. The number of alkyl halides is 1. The predicted octanol–water partition coefficient (Wildman–Crippen LogP) is 4.84. The number of imide groups is 1. The van der Waals surface area contributed by atoms with Gasteiger partial charge in [-0.1, -0.05) is 50.6 Å². The molecule has 0 bridgehead atoms. The van der Waals surface area contributed by atoms with Gasteiger partial charge >= 0.3 is 0 Å². The number of rotatable bonds is 1. The number of hydrogen-bond donors (Lipinski definition) is 1. The minimum atomic E-state index is -0.307. The van der Waals surface area contributed by atoms with Gasteiger partial charge in [-0.15, -0.1) is 0 Å². The molecule has 1 aliphatic heterocycles. The van der Waals surface area contributed by atoms with Crippen molar-refractivity contribution in [2.75, 3.05) is 7.05 Å². The molecular weight excluding hydrogens is 560 g/mol. The summed E-state index contributed by atoms with van der Waals surface area (Å²) in [7, 11) is 1.51. The van der Waals surface area contributed by atoms with Gasteiger partial charge in [0.2, 0.25) is 0 Å². The molecule has 0 aliphatic carbocycles. The van der Waals surface area contributed by atoms with E-state index in [2.05, 4.69) is 43.4 Å². The van der Waals surface area contributed by atoms with Gasteiger partial charge in [-0.05, 0) is 59.2 Å². The van der Waals surface area contributed by atoms with Crippen LogP contribution in [0.1, 0.15) is 34.6 Å². The Labute approximate surface area is 210 Å². The lowest BCUT2D eigenvalue weighted by Crippen LogP contribution is -2.43. The van der Waals surface area contributed by atoms with Crippen LogP contribution in [-0.2, 0) is 4.79 Å². The van der Waals surface area contributed by atoms with Gasteiger partial charge in [0, 0.05) is 59.6 Å². The third-order valence-corrected chi connectivity index (χ3v) is 8.12. The summed E-state index contributed by atoms with van der Waals surface area (Å²) in [5.41, 5.74) is 1.86. The van der Waals surface area contributed by atoms with Crippen LogP contribution in [0.15, 0.2) is 39.6 Å². The van der Waals surface area contributed by atoms with Crippen LogP contribution in [0.25, 0.3) is 55.2 Å². The average molecular weight is 578 g/mol. The number of carbonyl (C=O) groups is 2. The first-order valence-corrected chi connectivity index (χ1v) is 12.5. The van der Waals surface area contributed by atoms with E-state index in [4.69, 9.17) is 0 Å². The van der Waals surface area contributed by atoms with Gasteiger partial charge in [0.1, 0.15) is 0 Å². The lowest BCUT2D eigenvalue weighted by Gasteiger charge is -2.25. The zero-order chi connectivity index (χ0) is 24.2. The Morgan fingerprint density at radius 3 is 2.29 bits per heavy atom. The second-order valence-corrected chi connectivity index (χ2v) is 11.1. The van der Waals surface area contributed by atoms with E-state index in [9.17, 15) is 14.4 Å². The summed E-state index contributed by atoms with van der Waals surface area (Å²) in [6.07, 6.45) is 0. The van der Waals surface area contributed by atoms with Crippen molar-refractivity contribution >= 4 is 98.9 Å². The third-order valence-electron chi connectivity index (χ3n) is 7.04. The number of nitrogens with one attached hydrogen (secondary N) is 1. The molecule has 6 rings (SSSR count). The minimum absolute atomic E-state index is 0.0833. The van der Waals surface area contributed by atoms with Crippen LogP contribution in [-0.4, -0.2) is 28.7 Å². The maximum Gasteiger partial charge on any atom is 0.261 e. The fourth-order valence-corrected chi connectivity index (χ4v) is 6.67. The fraction of sp³-hybridized carbons (Fsp3) is 0.148. The molecule has 4 aromatic carbocycles. The maximum atomic E-state index is 13.1. The second-order valence-electron chi connectivity index (χ2n) is 8.86. The predicted molar refractivity (Wildman–Crippen MR) is 144 cm³/mol. The van der Waals surface area contributed by atoms with Crippen molar-refractivity contribution in [2.45, 2.75) is 18.7 Å². The Kier molecular flexibility index (Phi) is 4.42. The number of aromatic amines is 1. The summed E-state index contributed by atoms with van der Waals surface area (Å²) in [6.45, 7) is 7.88. The molecule has 0 saturated heterocycles. The molecule has 7 heteroatoms. The Hall–Kier alpha value is -3.03. The molecule has 5 nitrogen and oxygen atoms in total. The lowest BCUT2D eigenvalue weighted by atomic mass is 9.84. The monoisotopic (exact) mass is 576 g/mol. The van der Waals surface area contributed by atoms with Crippen LogP contribution in [0.3, 0.4) is 0 Å². The molecule has 0 fully saturated rings. The first-order chi connectivity index (χ1) is 16.1. The molecule has 1 aliphatic rings. The SMILES string of the molecule is C=c1[nH]c(=O)c2ccc3c(C(C)Br)c4c5c(ccc4c4c(Br)cc1c2c34)C(=O)N(C)C(=O)C=5C.